The predicted octanol–water partition coefficient (Wildman–Crippen LogP) is -0.312. The third-order valence-corrected chi connectivity index (χ3v) is 1.86. The minimum absolute atomic E-state index is 0.701. The molecule has 1 aromatic rings. The lowest BCUT2D eigenvalue weighted by Crippen LogP contribution is -2.85. The van der Waals surface area contributed by atoms with E-state index in [1.54, 1.807) is 6.07 Å². The van der Waals surface area contributed by atoms with Gasteiger partial charge >= 0.3 is 0 Å². The zero-order valence-corrected chi connectivity index (χ0v) is 5.48. The molecule has 46 valence electrons. The maximum atomic E-state index is 8.35. The maximum absolute atomic E-state index is 8.35. The molecule has 3 nitrogen and oxygen atoms in total. The van der Waals surface area contributed by atoms with E-state index in [0.29, 0.717) is 4.88 Å². The number of hydrogen-bond donors (Lipinski definition) is 2. The van der Waals surface area contributed by atoms with Gasteiger partial charge in [0.15, 0.2) is 0 Å². The van der Waals surface area contributed by atoms with Gasteiger partial charge in [-0.25, -0.2) is 5.43 Å². The molecule has 1 rings (SSSR count). The molecule has 0 spiro atoms. The molecule has 0 aromatic carbocycles. The van der Waals surface area contributed by atoms with Gasteiger partial charge in [-0.05, 0) is 6.07 Å². The van der Waals surface area contributed by atoms with Crippen LogP contribution in [0.4, 0.5) is 5.00 Å². The van der Waals surface area contributed by atoms with Crippen LogP contribution in [0.1, 0.15) is 4.88 Å². The van der Waals surface area contributed by atoms with Gasteiger partial charge in [-0.2, -0.15) is 11.1 Å². The first-order valence-corrected chi connectivity index (χ1v) is 3.23. The quantitative estimate of drug-likeness (QED) is 0.415. The number of hydrogen-bond acceptors (Lipinski definition) is 3. The molecule has 0 radical (unpaired) electrons. The Balaban J connectivity index is 2.90. The van der Waals surface area contributed by atoms with E-state index in [-0.39, 0.29) is 0 Å². The molecule has 0 aliphatic rings. The lowest BCUT2D eigenvalue weighted by Gasteiger charge is -1.79. The molecule has 0 aliphatic heterocycles. The largest absolute Gasteiger partial charge is 0.231 e. The molecule has 1 heterocycles. The Morgan fingerprint density at radius 2 is 2.44 bits per heavy atom. The number of nitrogens with zero attached hydrogens (tertiary/aromatic N) is 1. The molecule has 0 bridgehead atoms. The van der Waals surface area contributed by atoms with Gasteiger partial charge in [0.05, 0.1) is 0 Å². The average molecular weight is 140 g/mol. The minimum Gasteiger partial charge on any atom is -0.231 e. The SMILES string of the molecule is N#Cc1ccc([NH2+]N)s1. The molecular weight excluding hydrogens is 134 g/mol. The van der Waals surface area contributed by atoms with E-state index < -0.39 is 0 Å². The van der Waals surface area contributed by atoms with E-state index in [1.165, 1.54) is 16.8 Å². The summed E-state index contributed by atoms with van der Waals surface area (Å²) in [4.78, 5) is 0.701. The fraction of sp³-hybridized carbons (Fsp3) is 0. The van der Waals surface area contributed by atoms with Gasteiger partial charge < -0.3 is 0 Å². The average Bonchev–Trinajstić information content (AvgIpc) is 2.34. The van der Waals surface area contributed by atoms with Crippen molar-refractivity contribution >= 4 is 16.3 Å². The van der Waals surface area contributed by atoms with Gasteiger partial charge in [0.2, 0.25) is 5.00 Å². The second-order valence-electron chi connectivity index (χ2n) is 1.48. The third-order valence-electron chi connectivity index (χ3n) is 0.901. The van der Waals surface area contributed by atoms with Gasteiger partial charge in [0, 0.05) is 6.07 Å². The molecule has 9 heavy (non-hydrogen) atoms. The molecule has 0 unspecified atom stereocenters. The maximum Gasteiger partial charge on any atom is 0.205 e. The van der Waals surface area contributed by atoms with E-state index in [9.17, 15) is 0 Å². The van der Waals surface area contributed by atoms with Crippen LogP contribution >= 0.6 is 11.3 Å². The molecule has 0 saturated heterocycles. The van der Waals surface area contributed by atoms with Gasteiger partial charge in [0.1, 0.15) is 10.9 Å². The molecule has 0 amide bonds. The highest BCUT2D eigenvalue weighted by Gasteiger charge is 1.97. The lowest BCUT2D eigenvalue weighted by molar-refractivity contribution is -0.580. The molecule has 0 aliphatic carbocycles. The summed E-state index contributed by atoms with van der Waals surface area (Å²) >= 11 is 1.39. The van der Waals surface area contributed by atoms with Crippen LogP contribution in [0.5, 0.6) is 0 Å². The molecular formula is C5H6N3S+. The monoisotopic (exact) mass is 140 g/mol. The van der Waals surface area contributed by atoms with Gasteiger partial charge in [0.25, 0.3) is 0 Å². The summed E-state index contributed by atoms with van der Waals surface area (Å²) in [5.74, 6) is 5.19. The summed E-state index contributed by atoms with van der Waals surface area (Å²) < 4.78 is 0. The van der Waals surface area contributed by atoms with Crippen molar-refractivity contribution in [2.75, 3.05) is 0 Å². The first kappa shape index (κ1) is 6.23. The summed E-state index contributed by atoms with van der Waals surface area (Å²) in [6, 6.07) is 5.60. The number of rotatable bonds is 1. The van der Waals surface area contributed by atoms with Crippen LogP contribution in [0.3, 0.4) is 0 Å². The minimum atomic E-state index is 0.701. The first-order valence-electron chi connectivity index (χ1n) is 2.41. The number of nitriles is 1. The van der Waals surface area contributed by atoms with Gasteiger partial charge in [-0.15, -0.1) is 0 Å². The van der Waals surface area contributed by atoms with Crippen LogP contribution in [0.2, 0.25) is 0 Å². The lowest BCUT2D eigenvalue weighted by atomic mass is 10.5. The Bertz CT molecular complexity index is 235. The Hall–Kier alpha value is -0.890. The van der Waals surface area contributed by atoms with Crippen molar-refractivity contribution in [3.05, 3.63) is 17.0 Å². The van der Waals surface area contributed by atoms with Gasteiger partial charge in [-0.1, -0.05) is 11.3 Å². The Morgan fingerprint density at radius 3 is 2.78 bits per heavy atom. The molecule has 0 fully saturated rings. The summed E-state index contributed by atoms with van der Waals surface area (Å²) in [5, 5.41) is 9.29. The van der Waals surface area contributed by atoms with Crippen LogP contribution in [0.25, 0.3) is 0 Å². The number of thiophene rings is 1. The van der Waals surface area contributed by atoms with Crippen molar-refractivity contribution in [1.82, 2.24) is 0 Å². The zero-order valence-electron chi connectivity index (χ0n) is 4.66. The standard InChI is InChI=1S/C5H5N3S/c6-3-4-1-2-5(8-7)9-4/h1-2,8H,7H2/p+1. The first-order chi connectivity index (χ1) is 4.36. The summed E-state index contributed by atoms with van der Waals surface area (Å²) in [7, 11) is 0. The van der Waals surface area contributed by atoms with Crippen molar-refractivity contribution in [2.24, 2.45) is 5.84 Å². The van der Waals surface area contributed by atoms with Gasteiger partial charge in [-0.3, -0.25) is 0 Å². The smallest absolute Gasteiger partial charge is 0.205 e. The van der Waals surface area contributed by atoms with Crippen LogP contribution in [-0.4, -0.2) is 0 Å². The van der Waals surface area contributed by atoms with E-state index in [1.807, 2.05) is 12.1 Å². The normalized spacial score (nSPS) is 8.89. The van der Waals surface area contributed by atoms with E-state index >= 15 is 0 Å². The van der Waals surface area contributed by atoms with Crippen molar-refractivity contribution < 1.29 is 5.43 Å². The third kappa shape index (κ3) is 1.27. The summed E-state index contributed by atoms with van der Waals surface area (Å²) in [6.07, 6.45) is 0. The second kappa shape index (κ2) is 2.60. The Morgan fingerprint density at radius 1 is 1.67 bits per heavy atom. The summed E-state index contributed by atoms with van der Waals surface area (Å²) in [5.41, 5.74) is 1.49. The fourth-order valence-electron chi connectivity index (χ4n) is 0.502. The van der Waals surface area contributed by atoms with Crippen LogP contribution in [0.15, 0.2) is 12.1 Å². The van der Waals surface area contributed by atoms with Crippen LogP contribution in [-0.2, 0) is 0 Å². The van der Waals surface area contributed by atoms with Crippen molar-refractivity contribution in [3.63, 3.8) is 0 Å². The number of quaternary nitrogens is 1. The Kier molecular flexibility index (Phi) is 1.80. The molecule has 4 N–H and O–H groups in total. The highest BCUT2D eigenvalue weighted by Crippen LogP contribution is 2.14. The van der Waals surface area contributed by atoms with E-state index in [4.69, 9.17) is 11.1 Å². The highest BCUT2D eigenvalue weighted by molar-refractivity contribution is 7.15. The second-order valence-corrected chi connectivity index (χ2v) is 2.60. The molecule has 0 atom stereocenters. The van der Waals surface area contributed by atoms with Crippen molar-refractivity contribution in [2.45, 2.75) is 0 Å². The van der Waals surface area contributed by atoms with Crippen LogP contribution < -0.4 is 11.3 Å². The predicted molar refractivity (Wildman–Crippen MR) is 34.8 cm³/mol. The van der Waals surface area contributed by atoms with Crippen molar-refractivity contribution in [1.29, 1.82) is 5.26 Å². The van der Waals surface area contributed by atoms with E-state index in [0.717, 1.165) is 5.00 Å². The fourth-order valence-corrected chi connectivity index (χ4v) is 1.14. The molecule has 0 saturated carbocycles. The van der Waals surface area contributed by atoms with Crippen molar-refractivity contribution in [3.8, 4) is 6.07 Å². The highest BCUT2D eigenvalue weighted by atomic mass is 32.1. The number of nitrogens with two attached hydrogens (primary N) is 2. The molecule has 1 aromatic heterocycles. The van der Waals surface area contributed by atoms with Crippen LogP contribution in [0, 0.1) is 11.3 Å². The molecule has 4 heteroatoms. The van der Waals surface area contributed by atoms with E-state index in [2.05, 4.69) is 0 Å². The summed E-state index contributed by atoms with van der Waals surface area (Å²) in [6.45, 7) is 0. The Labute approximate surface area is 56.7 Å². The topological polar surface area (TPSA) is 66.4 Å². The zero-order chi connectivity index (χ0) is 6.69.